The summed E-state index contributed by atoms with van der Waals surface area (Å²) >= 11 is 0. The topological polar surface area (TPSA) is 55.8 Å². The van der Waals surface area contributed by atoms with Crippen molar-refractivity contribution >= 4 is 11.7 Å². The van der Waals surface area contributed by atoms with Crippen molar-refractivity contribution in [2.45, 2.75) is 6.54 Å². The second-order valence-corrected chi connectivity index (χ2v) is 7.08. The number of urea groups is 1. The number of carbonyl (C=O) groups is 1. The third kappa shape index (κ3) is 3.61. The highest BCUT2D eigenvalue weighted by atomic mass is 16.3. The molecule has 2 unspecified atom stereocenters. The molecule has 4 rings (SSSR count). The van der Waals surface area contributed by atoms with Gasteiger partial charge in [0.2, 0.25) is 0 Å². The Hall–Kier alpha value is -2.53. The van der Waals surface area contributed by atoms with Crippen molar-refractivity contribution in [3.05, 3.63) is 60.2 Å². The molecule has 2 amide bonds. The molecule has 2 heterocycles. The van der Waals surface area contributed by atoms with E-state index in [1.54, 1.807) is 12.1 Å². The minimum atomic E-state index is 0.00526. The van der Waals surface area contributed by atoms with Gasteiger partial charge < -0.3 is 15.3 Å². The van der Waals surface area contributed by atoms with E-state index in [2.05, 4.69) is 10.2 Å². The Morgan fingerprint density at radius 3 is 2.24 bits per heavy atom. The van der Waals surface area contributed by atoms with Crippen LogP contribution in [0.5, 0.6) is 5.75 Å². The highest BCUT2D eigenvalue weighted by Gasteiger charge is 2.41. The zero-order chi connectivity index (χ0) is 17.2. The molecule has 2 atom stereocenters. The first-order chi connectivity index (χ1) is 12.2. The number of anilines is 1. The van der Waals surface area contributed by atoms with Crippen LogP contribution in [0.2, 0.25) is 0 Å². The standard InChI is InChI=1S/C20H23N3O2/c24-19-8-6-15(7-9-19)10-22-11-16-13-23(14-17(16)12-22)20(25)21-18-4-2-1-3-5-18/h1-9,16-17,24H,10-14H2,(H,21,25). The number of para-hydroxylation sites is 1. The van der Waals surface area contributed by atoms with Gasteiger partial charge in [0.25, 0.3) is 0 Å². The average molecular weight is 337 g/mol. The fourth-order valence-corrected chi connectivity index (χ4v) is 3.97. The van der Waals surface area contributed by atoms with Crippen molar-refractivity contribution in [3.63, 3.8) is 0 Å². The SMILES string of the molecule is O=C(Nc1ccccc1)N1CC2CN(Cc3ccc(O)cc3)CC2C1. The number of nitrogens with zero attached hydrogens (tertiary/aromatic N) is 2. The Kier molecular flexibility index (Phi) is 4.32. The maximum Gasteiger partial charge on any atom is 0.321 e. The fourth-order valence-electron chi connectivity index (χ4n) is 3.97. The lowest BCUT2D eigenvalue weighted by Gasteiger charge is -2.22. The van der Waals surface area contributed by atoms with Gasteiger partial charge >= 0.3 is 6.03 Å². The third-order valence-electron chi connectivity index (χ3n) is 5.22. The van der Waals surface area contributed by atoms with Crippen LogP contribution < -0.4 is 5.32 Å². The van der Waals surface area contributed by atoms with Crippen LogP contribution in [0, 0.1) is 11.8 Å². The Labute approximate surface area is 147 Å². The van der Waals surface area contributed by atoms with E-state index >= 15 is 0 Å². The van der Waals surface area contributed by atoms with Gasteiger partial charge in [0, 0.05) is 38.4 Å². The van der Waals surface area contributed by atoms with Crippen LogP contribution in [0.3, 0.4) is 0 Å². The molecule has 25 heavy (non-hydrogen) atoms. The molecule has 2 aromatic rings. The lowest BCUT2D eigenvalue weighted by atomic mass is 10.0. The number of hydrogen-bond donors (Lipinski definition) is 2. The summed E-state index contributed by atoms with van der Waals surface area (Å²) < 4.78 is 0. The van der Waals surface area contributed by atoms with Crippen LogP contribution in [-0.2, 0) is 6.54 Å². The molecule has 0 bridgehead atoms. The lowest BCUT2D eigenvalue weighted by molar-refractivity contribution is 0.212. The van der Waals surface area contributed by atoms with Crippen LogP contribution in [0.15, 0.2) is 54.6 Å². The predicted molar refractivity (Wildman–Crippen MR) is 97.4 cm³/mol. The number of hydrogen-bond acceptors (Lipinski definition) is 3. The summed E-state index contributed by atoms with van der Waals surface area (Å²) in [6.45, 7) is 4.62. The van der Waals surface area contributed by atoms with Crippen molar-refractivity contribution in [1.29, 1.82) is 0 Å². The number of phenols is 1. The molecule has 2 saturated heterocycles. The van der Waals surface area contributed by atoms with Crippen molar-refractivity contribution in [2.75, 3.05) is 31.5 Å². The molecule has 2 aliphatic rings. The molecular formula is C20H23N3O2. The maximum atomic E-state index is 12.4. The van der Waals surface area contributed by atoms with Crippen LogP contribution in [0.4, 0.5) is 10.5 Å². The summed E-state index contributed by atoms with van der Waals surface area (Å²) in [6.07, 6.45) is 0. The molecule has 2 fully saturated rings. The summed E-state index contributed by atoms with van der Waals surface area (Å²) in [5.41, 5.74) is 2.06. The summed E-state index contributed by atoms with van der Waals surface area (Å²) in [6, 6.07) is 17.0. The van der Waals surface area contributed by atoms with Crippen LogP contribution in [0.1, 0.15) is 5.56 Å². The molecule has 0 spiro atoms. The van der Waals surface area contributed by atoms with Crippen LogP contribution >= 0.6 is 0 Å². The first-order valence-electron chi connectivity index (χ1n) is 8.78. The van der Waals surface area contributed by atoms with E-state index in [1.807, 2.05) is 47.4 Å². The van der Waals surface area contributed by atoms with Gasteiger partial charge in [-0.1, -0.05) is 30.3 Å². The minimum absolute atomic E-state index is 0.00526. The highest BCUT2D eigenvalue weighted by Crippen LogP contribution is 2.32. The lowest BCUT2D eigenvalue weighted by Crippen LogP contribution is -2.36. The number of aromatic hydroxyl groups is 1. The van der Waals surface area contributed by atoms with E-state index in [0.717, 1.165) is 38.4 Å². The molecular weight excluding hydrogens is 314 g/mol. The second-order valence-electron chi connectivity index (χ2n) is 7.08. The second kappa shape index (κ2) is 6.76. The van der Waals surface area contributed by atoms with E-state index in [4.69, 9.17) is 0 Å². The van der Waals surface area contributed by atoms with Crippen molar-refractivity contribution < 1.29 is 9.90 Å². The number of amides is 2. The van der Waals surface area contributed by atoms with E-state index in [0.29, 0.717) is 17.6 Å². The maximum absolute atomic E-state index is 12.4. The molecule has 2 aliphatic heterocycles. The first kappa shape index (κ1) is 16.0. The molecule has 0 radical (unpaired) electrons. The number of benzene rings is 2. The minimum Gasteiger partial charge on any atom is -0.508 e. The van der Waals surface area contributed by atoms with E-state index < -0.39 is 0 Å². The molecule has 0 aliphatic carbocycles. The van der Waals surface area contributed by atoms with Crippen molar-refractivity contribution in [2.24, 2.45) is 11.8 Å². The quantitative estimate of drug-likeness (QED) is 0.905. The smallest absolute Gasteiger partial charge is 0.321 e. The van der Waals surface area contributed by atoms with Gasteiger partial charge in [-0.25, -0.2) is 4.79 Å². The van der Waals surface area contributed by atoms with Crippen LogP contribution in [-0.4, -0.2) is 47.1 Å². The Bertz CT molecular complexity index is 718. The molecule has 130 valence electrons. The van der Waals surface area contributed by atoms with Crippen LogP contribution in [0.25, 0.3) is 0 Å². The van der Waals surface area contributed by atoms with E-state index in [-0.39, 0.29) is 6.03 Å². The van der Waals surface area contributed by atoms with Gasteiger partial charge in [0.1, 0.15) is 5.75 Å². The zero-order valence-corrected chi connectivity index (χ0v) is 14.1. The number of fused-ring (bicyclic) bond motifs is 1. The first-order valence-corrected chi connectivity index (χ1v) is 8.78. The van der Waals surface area contributed by atoms with E-state index in [9.17, 15) is 9.90 Å². The van der Waals surface area contributed by atoms with Gasteiger partial charge in [-0.2, -0.15) is 0 Å². The Balaban J connectivity index is 1.30. The summed E-state index contributed by atoms with van der Waals surface area (Å²) in [5, 5.41) is 12.4. The molecule has 2 N–H and O–H groups in total. The number of rotatable bonds is 3. The summed E-state index contributed by atoms with van der Waals surface area (Å²) in [4.78, 5) is 16.8. The normalized spacial score (nSPS) is 22.8. The van der Waals surface area contributed by atoms with Gasteiger partial charge in [0.15, 0.2) is 0 Å². The zero-order valence-electron chi connectivity index (χ0n) is 14.1. The van der Waals surface area contributed by atoms with Crippen molar-refractivity contribution in [3.8, 4) is 5.75 Å². The Morgan fingerprint density at radius 1 is 0.960 bits per heavy atom. The molecule has 2 aromatic carbocycles. The molecule has 0 saturated carbocycles. The van der Waals surface area contributed by atoms with Crippen molar-refractivity contribution in [1.82, 2.24) is 9.80 Å². The van der Waals surface area contributed by atoms with Gasteiger partial charge in [-0.05, 0) is 41.7 Å². The summed E-state index contributed by atoms with van der Waals surface area (Å²) in [7, 11) is 0. The number of likely N-dealkylation sites (tertiary alicyclic amines) is 2. The van der Waals surface area contributed by atoms with Gasteiger partial charge in [-0.3, -0.25) is 4.90 Å². The van der Waals surface area contributed by atoms with E-state index in [1.165, 1.54) is 5.56 Å². The number of nitrogens with one attached hydrogen (secondary N) is 1. The average Bonchev–Trinajstić information content (AvgIpc) is 3.16. The van der Waals surface area contributed by atoms with Gasteiger partial charge in [0.05, 0.1) is 0 Å². The predicted octanol–water partition coefficient (Wildman–Crippen LogP) is 2.99. The Morgan fingerprint density at radius 2 is 1.60 bits per heavy atom. The number of carbonyl (C=O) groups excluding carboxylic acids is 1. The fraction of sp³-hybridized carbons (Fsp3) is 0.350. The molecule has 5 nitrogen and oxygen atoms in total. The molecule has 0 aromatic heterocycles. The monoisotopic (exact) mass is 337 g/mol. The summed E-state index contributed by atoms with van der Waals surface area (Å²) in [5.74, 6) is 1.42. The largest absolute Gasteiger partial charge is 0.508 e. The third-order valence-corrected chi connectivity index (χ3v) is 5.22. The molecule has 5 heteroatoms. The highest BCUT2D eigenvalue weighted by molar-refractivity contribution is 5.89. The number of phenolic OH excluding ortho intramolecular Hbond substituents is 1. The van der Waals surface area contributed by atoms with Gasteiger partial charge in [-0.15, -0.1) is 0 Å².